The number of hydrogen-bond donors (Lipinski definition) is 1. The number of nitrogens with zero attached hydrogens (tertiary/aromatic N) is 1. The molecule has 150 valence electrons. The van der Waals surface area contributed by atoms with Crippen LogP contribution >= 0.6 is 11.6 Å². The summed E-state index contributed by atoms with van der Waals surface area (Å²) in [5.41, 5.74) is 1.84. The van der Waals surface area contributed by atoms with Gasteiger partial charge in [-0.15, -0.1) is 0 Å². The monoisotopic (exact) mass is 422 g/mol. The van der Waals surface area contributed by atoms with Crippen molar-refractivity contribution in [3.8, 4) is 0 Å². The van der Waals surface area contributed by atoms with Gasteiger partial charge >= 0.3 is 0 Å². The van der Waals surface area contributed by atoms with Crippen molar-refractivity contribution in [2.45, 2.75) is 24.2 Å². The number of anilines is 1. The molecule has 1 N–H and O–H groups in total. The smallest absolute Gasteiger partial charge is 0.264 e. The molecule has 28 heavy (non-hydrogen) atoms. The topological polar surface area (TPSA) is 75.7 Å². The molecule has 0 atom stereocenters. The Hall–Kier alpha value is -2.09. The van der Waals surface area contributed by atoms with E-state index in [0.29, 0.717) is 31.8 Å². The molecule has 8 heteroatoms. The normalized spacial score (nSPS) is 13.9. The minimum absolute atomic E-state index is 0.0515. The number of sulfonamides is 1. The number of aryl methyl sites for hydroxylation is 1. The van der Waals surface area contributed by atoms with Crippen LogP contribution in [0.4, 0.5) is 5.69 Å². The number of carbonyl (C=O) groups excluding carboxylic acids is 1. The Labute approximate surface area is 170 Å². The summed E-state index contributed by atoms with van der Waals surface area (Å²) >= 11 is 6.15. The number of rotatable bonds is 7. The highest BCUT2D eigenvalue weighted by molar-refractivity contribution is 7.92. The first-order valence-electron chi connectivity index (χ1n) is 9.12. The number of ether oxygens (including phenoxy) is 1. The summed E-state index contributed by atoms with van der Waals surface area (Å²) in [7, 11) is -2.21. The molecule has 0 radical (unpaired) electrons. The molecular weight excluding hydrogens is 400 g/mol. The average Bonchev–Trinajstić information content (AvgIpc) is 2.70. The Kier molecular flexibility index (Phi) is 6.59. The molecule has 0 aromatic heterocycles. The van der Waals surface area contributed by atoms with Crippen LogP contribution in [0.3, 0.4) is 0 Å². The van der Waals surface area contributed by atoms with Gasteiger partial charge in [-0.3, -0.25) is 9.10 Å². The van der Waals surface area contributed by atoms with Crippen molar-refractivity contribution in [3.05, 3.63) is 58.6 Å². The van der Waals surface area contributed by atoms with E-state index >= 15 is 0 Å². The first kappa shape index (κ1) is 20.6. The summed E-state index contributed by atoms with van der Waals surface area (Å²) in [6.45, 7) is 1.34. The van der Waals surface area contributed by atoms with Crippen molar-refractivity contribution in [2.24, 2.45) is 0 Å². The van der Waals surface area contributed by atoms with Gasteiger partial charge in [-0.2, -0.15) is 0 Å². The van der Waals surface area contributed by atoms with Crippen LogP contribution in [-0.4, -0.2) is 41.1 Å². The maximum atomic E-state index is 13.3. The number of halogens is 1. The standard InChI is InChI=1S/C20H23ClN2O4S/c1-27-13-5-11-22-20(24)17-14-16(9-10-18(17)21)28(25,26)23-12-4-7-15-6-2-3-8-19(15)23/h2-3,6,8-10,14H,4-5,7,11-13H2,1H3,(H,22,24). The number of methoxy groups -OCH3 is 1. The molecule has 0 aliphatic carbocycles. The largest absolute Gasteiger partial charge is 0.385 e. The highest BCUT2D eigenvalue weighted by atomic mass is 35.5. The zero-order chi connectivity index (χ0) is 20.1. The highest BCUT2D eigenvalue weighted by Gasteiger charge is 2.29. The van der Waals surface area contributed by atoms with Crippen molar-refractivity contribution in [3.63, 3.8) is 0 Å². The summed E-state index contributed by atoms with van der Waals surface area (Å²) < 4.78 is 32.9. The van der Waals surface area contributed by atoms with Crippen LogP contribution in [0.25, 0.3) is 0 Å². The van der Waals surface area contributed by atoms with Crippen molar-refractivity contribution in [2.75, 3.05) is 31.1 Å². The van der Waals surface area contributed by atoms with Gasteiger partial charge in [0.25, 0.3) is 15.9 Å². The predicted octanol–water partition coefficient (Wildman–Crippen LogP) is 3.25. The third-order valence-corrected chi connectivity index (χ3v) is 6.79. The van der Waals surface area contributed by atoms with E-state index in [1.165, 1.54) is 22.5 Å². The number of carbonyl (C=O) groups is 1. The summed E-state index contributed by atoms with van der Waals surface area (Å²) in [5.74, 6) is -0.405. The molecular formula is C20H23ClN2O4S. The van der Waals surface area contributed by atoms with Gasteiger partial charge in [0.15, 0.2) is 0 Å². The summed E-state index contributed by atoms with van der Waals surface area (Å²) in [6.07, 6.45) is 2.25. The fourth-order valence-corrected chi connectivity index (χ4v) is 5.00. The minimum Gasteiger partial charge on any atom is -0.385 e. The van der Waals surface area contributed by atoms with Gasteiger partial charge in [-0.05, 0) is 49.1 Å². The molecule has 1 aliphatic heterocycles. The molecule has 0 saturated carbocycles. The van der Waals surface area contributed by atoms with Crippen molar-refractivity contribution >= 4 is 33.2 Å². The molecule has 0 saturated heterocycles. The number of benzene rings is 2. The lowest BCUT2D eigenvalue weighted by Gasteiger charge is -2.30. The summed E-state index contributed by atoms with van der Waals surface area (Å²) in [6, 6.07) is 11.7. The molecule has 2 aromatic rings. The molecule has 0 bridgehead atoms. The van der Waals surface area contributed by atoms with Crippen LogP contribution in [0.5, 0.6) is 0 Å². The van der Waals surface area contributed by atoms with Gasteiger partial charge in [-0.25, -0.2) is 8.42 Å². The molecule has 6 nitrogen and oxygen atoms in total. The fourth-order valence-electron chi connectivity index (χ4n) is 3.23. The Morgan fingerprint density at radius 2 is 2.04 bits per heavy atom. The van der Waals surface area contributed by atoms with Crippen LogP contribution in [0, 0.1) is 0 Å². The molecule has 1 heterocycles. The third kappa shape index (κ3) is 4.32. The second kappa shape index (κ2) is 8.94. The van der Waals surface area contributed by atoms with Gasteiger partial charge in [0, 0.05) is 26.8 Å². The zero-order valence-corrected chi connectivity index (χ0v) is 17.2. The highest BCUT2D eigenvalue weighted by Crippen LogP contribution is 2.32. The quantitative estimate of drug-likeness (QED) is 0.695. The van der Waals surface area contributed by atoms with E-state index in [9.17, 15) is 13.2 Å². The fraction of sp³-hybridized carbons (Fsp3) is 0.350. The van der Waals surface area contributed by atoms with Gasteiger partial charge < -0.3 is 10.1 Å². The van der Waals surface area contributed by atoms with E-state index in [1.54, 1.807) is 7.11 Å². The molecule has 3 rings (SSSR count). The number of fused-ring (bicyclic) bond motifs is 1. The number of nitrogens with one attached hydrogen (secondary N) is 1. The van der Waals surface area contributed by atoms with Crippen molar-refractivity contribution in [1.82, 2.24) is 5.32 Å². The summed E-state index contributed by atoms with van der Waals surface area (Å²) in [5, 5.41) is 2.95. The van der Waals surface area contributed by atoms with E-state index in [0.717, 1.165) is 18.4 Å². The molecule has 1 amide bonds. The lowest BCUT2D eigenvalue weighted by molar-refractivity contribution is 0.0948. The van der Waals surface area contributed by atoms with E-state index in [4.69, 9.17) is 16.3 Å². The zero-order valence-electron chi connectivity index (χ0n) is 15.7. The lowest BCUT2D eigenvalue weighted by Crippen LogP contribution is -2.35. The van der Waals surface area contributed by atoms with Crippen LogP contribution in [0.15, 0.2) is 47.4 Å². The molecule has 2 aromatic carbocycles. The van der Waals surface area contributed by atoms with E-state index in [-0.39, 0.29) is 15.5 Å². The number of amides is 1. The first-order valence-corrected chi connectivity index (χ1v) is 10.9. The van der Waals surface area contributed by atoms with Crippen LogP contribution in [0.2, 0.25) is 5.02 Å². The predicted molar refractivity (Wildman–Crippen MR) is 110 cm³/mol. The average molecular weight is 423 g/mol. The summed E-state index contributed by atoms with van der Waals surface area (Å²) in [4.78, 5) is 12.5. The number of hydrogen-bond acceptors (Lipinski definition) is 4. The van der Waals surface area contributed by atoms with Crippen LogP contribution in [0.1, 0.15) is 28.8 Å². The van der Waals surface area contributed by atoms with Gasteiger partial charge in [-0.1, -0.05) is 29.8 Å². The van der Waals surface area contributed by atoms with Crippen LogP contribution < -0.4 is 9.62 Å². The minimum atomic E-state index is -3.80. The SMILES string of the molecule is COCCCNC(=O)c1cc(S(=O)(=O)N2CCCc3ccccc32)ccc1Cl. The van der Waals surface area contributed by atoms with Gasteiger partial charge in [0.1, 0.15) is 0 Å². The second-order valence-electron chi connectivity index (χ2n) is 6.55. The van der Waals surface area contributed by atoms with E-state index < -0.39 is 15.9 Å². The first-order chi connectivity index (χ1) is 13.4. The Balaban J connectivity index is 1.88. The molecule has 0 spiro atoms. The lowest BCUT2D eigenvalue weighted by atomic mass is 10.0. The maximum absolute atomic E-state index is 13.3. The Bertz CT molecular complexity index is 962. The van der Waals surface area contributed by atoms with E-state index in [2.05, 4.69) is 5.32 Å². The Morgan fingerprint density at radius 1 is 1.25 bits per heavy atom. The van der Waals surface area contributed by atoms with E-state index in [1.807, 2.05) is 24.3 Å². The second-order valence-corrected chi connectivity index (χ2v) is 8.82. The van der Waals surface area contributed by atoms with Crippen molar-refractivity contribution in [1.29, 1.82) is 0 Å². The van der Waals surface area contributed by atoms with Gasteiger partial charge in [0.2, 0.25) is 0 Å². The molecule has 0 unspecified atom stereocenters. The molecule has 0 fully saturated rings. The maximum Gasteiger partial charge on any atom is 0.264 e. The third-order valence-electron chi connectivity index (χ3n) is 4.65. The Morgan fingerprint density at radius 3 is 2.82 bits per heavy atom. The van der Waals surface area contributed by atoms with Gasteiger partial charge in [0.05, 0.1) is 21.2 Å². The van der Waals surface area contributed by atoms with Crippen molar-refractivity contribution < 1.29 is 17.9 Å². The molecule has 1 aliphatic rings. The van der Waals surface area contributed by atoms with Crippen LogP contribution in [-0.2, 0) is 21.2 Å². The number of para-hydroxylation sites is 1.